The van der Waals surface area contributed by atoms with E-state index in [1.54, 1.807) is 56.9 Å². The Morgan fingerprint density at radius 2 is 0.250 bits per heavy atom. The van der Waals surface area contributed by atoms with Crippen LogP contribution in [0.1, 0.15) is 154 Å². The topological polar surface area (TPSA) is 258 Å². The van der Waals surface area contributed by atoms with Gasteiger partial charge in [-0.3, -0.25) is 0 Å². The maximum atomic E-state index is 9.89. The van der Waals surface area contributed by atoms with Gasteiger partial charge < -0.3 is 131 Å². The third-order valence-electron chi connectivity index (χ3n) is 18.7. The average Bonchev–Trinajstić information content (AvgIpc) is 3.66. The summed E-state index contributed by atoms with van der Waals surface area (Å²) in [7, 11) is 19.9. The number of nitrogens with zero attached hydrogens (tertiary/aromatic N) is 8. The predicted octanol–water partition coefficient (Wildman–Crippen LogP) is 0.412. The van der Waals surface area contributed by atoms with E-state index in [1.165, 1.54) is 259 Å². The molecule has 8 saturated heterocycles. The Bertz CT molecular complexity index is 1270. The Labute approximate surface area is 584 Å². The van der Waals surface area contributed by atoms with E-state index in [-0.39, 0.29) is 0 Å². The molecule has 96 heavy (non-hydrogen) atoms. The van der Waals surface area contributed by atoms with Gasteiger partial charge in [-0.2, -0.15) is 0 Å². The van der Waals surface area contributed by atoms with Crippen molar-refractivity contribution in [1.29, 1.82) is 0 Å². The van der Waals surface area contributed by atoms with Crippen molar-refractivity contribution in [2.75, 3.05) is 272 Å². The Morgan fingerprint density at radius 1 is 0.188 bits per heavy atom. The van der Waals surface area contributed by atoms with Crippen molar-refractivity contribution in [1.82, 2.24) is 0 Å². The fraction of sp³-hybridized carbons (Fsp3) is 1.00. The van der Waals surface area contributed by atoms with Crippen LogP contribution >= 0.6 is 0 Å². The summed E-state index contributed by atoms with van der Waals surface area (Å²) >= 11 is 0. The molecule has 0 aromatic heterocycles. The van der Waals surface area contributed by atoms with E-state index in [0.717, 1.165) is 89.7 Å². The molecule has 24 nitrogen and oxygen atoms in total. The molecule has 8 heterocycles. The van der Waals surface area contributed by atoms with Gasteiger partial charge in [0.1, 0.15) is 29.6 Å². The highest BCUT2D eigenvalue weighted by Crippen LogP contribution is 2.21. The van der Waals surface area contributed by atoms with Gasteiger partial charge in [-0.25, -0.2) is 0 Å². The minimum Gasteiger partial charge on any atom is -0.867 e. The lowest BCUT2D eigenvalue weighted by atomic mass is 10.1. The summed E-state index contributed by atoms with van der Waals surface area (Å²) in [6.45, 7) is 27.9. The molecule has 0 aromatic rings. The van der Waals surface area contributed by atoms with Gasteiger partial charge in [-0.1, -0.05) is 0 Å². The lowest BCUT2D eigenvalue weighted by Crippen LogP contribution is -2.48. The molecule has 8 aliphatic heterocycles. The van der Waals surface area contributed by atoms with Crippen LogP contribution in [0, 0.1) is 0 Å². The van der Waals surface area contributed by atoms with Crippen LogP contribution in [0.25, 0.3) is 0 Å². The second kappa shape index (κ2) is 61.5. The second-order valence-corrected chi connectivity index (χ2v) is 29.5. The second-order valence-electron chi connectivity index (χ2n) is 29.5. The molecule has 576 valence electrons. The van der Waals surface area contributed by atoms with E-state index in [2.05, 4.69) is 56.4 Å². The zero-order chi connectivity index (χ0) is 73.9. The molecule has 8 aliphatic rings. The summed E-state index contributed by atoms with van der Waals surface area (Å²) in [4.78, 5) is 0. The van der Waals surface area contributed by atoms with Crippen molar-refractivity contribution >= 4 is 29.6 Å². The van der Waals surface area contributed by atoms with Crippen molar-refractivity contribution in [3.05, 3.63) is 0 Å². The highest BCUT2D eigenvalue weighted by molar-refractivity contribution is 6.27. The summed E-state index contributed by atoms with van der Waals surface area (Å²) in [5.74, 6) is 0. The Kier molecular flexibility index (Phi) is 64.9. The lowest BCUT2D eigenvalue weighted by Gasteiger charge is -2.36. The molecule has 8 rings (SSSR count). The van der Waals surface area contributed by atoms with Crippen molar-refractivity contribution < 1.29 is 131 Å². The molecular weight excluding hydrogens is 1260 g/mol. The SMILES string of the molecule is COC[N+]1(C)CCCCC1.COC[N+]1(C)CCCCC1.COC[N+]1(C)CCCCC1.COC[N+]1(C)CCCCC1.COC[N+]1(C)CCCCC1.COC[N+]1(C)CCCCC1.COC[N+]1(C)CCCCC1.COC[N+]1(C)CCCCC1.[O-]B([O-])F.[O-]B([O-])F.[O-]B([O-])F.[O-]B([O-])F. The summed E-state index contributed by atoms with van der Waals surface area (Å²) in [5, 5.41) is 66.4. The number of halogens is 4. The summed E-state index contributed by atoms with van der Waals surface area (Å²) in [6.07, 6.45) is 33.3. The molecule has 0 unspecified atom stereocenters. The van der Waals surface area contributed by atoms with E-state index in [4.69, 9.17) is 78.1 Å². The van der Waals surface area contributed by atoms with E-state index in [1.807, 2.05) is 0 Å². The first-order valence-electron chi connectivity index (χ1n) is 35.5. The monoisotopic (exact) mass is 1400 g/mol. The summed E-state index contributed by atoms with van der Waals surface area (Å²) in [5.41, 5.74) is 0. The van der Waals surface area contributed by atoms with Crippen molar-refractivity contribution in [3.8, 4) is 0 Å². The molecule has 0 aromatic carbocycles. The number of ether oxygens (including phenoxy) is 8. The molecule has 0 bridgehead atoms. The molecular formula is C64H144B4F4N8O16. The van der Waals surface area contributed by atoms with Crippen LogP contribution in [0.5, 0.6) is 0 Å². The standard InChI is InChI=1S/8C8H18NO.4BFO2/c8*1-9(8-10-2)6-4-3-5-7-9;4*2-1(3)4/h8*3-8H2,1-2H3;;;;/q8*+1;4*-2. The molecule has 8 fully saturated rings. The molecule has 0 atom stereocenters. The maximum Gasteiger partial charge on any atom is 0.182 e. The Hall–Kier alpha value is -0.980. The van der Waals surface area contributed by atoms with Gasteiger partial charge in [0.15, 0.2) is 53.8 Å². The smallest absolute Gasteiger partial charge is 0.182 e. The third kappa shape index (κ3) is 63.9. The lowest BCUT2D eigenvalue weighted by molar-refractivity contribution is -0.931. The van der Waals surface area contributed by atoms with E-state index in [0.29, 0.717) is 0 Å². The van der Waals surface area contributed by atoms with Crippen LogP contribution in [0.4, 0.5) is 17.3 Å². The number of piperidine rings is 8. The summed E-state index contributed by atoms with van der Waals surface area (Å²) < 4.78 is 89.8. The van der Waals surface area contributed by atoms with Crippen LogP contribution < -0.4 is 40.2 Å². The van der Waals surface area contributed by atoms with Crippen LogP contribution in [0.15, 0.2) is 0 Å². The number of methoxy groups -OCH3 is 8. The fourth-order valence-corrected chi connectivity index (χ4v) is 13.7. The van der Waals surface area contributed by atoms with Gasteiger partial charge in [-0.15, -0.1) is 0 Å². The molecule has 32 heteroatoms. The highest BCUT2D eigenvalue weighted by atomic mass is 19.1. The van der Waals surface area contributed by atoms with Gasteiger partial charge in [0.2, 0.25) is 0 Å². The fourth-order valence-electron chi connectivity index (χ4n) is 13.7. The summed E-state index contributed by atoms with van der Waals surface area (Å²) in [6, 6.07) is 0. The van der Waals surface area contributed by atoms with E-state index in [9.17, 15) is 17.3 Å². The maximum absolute atomic E-state index is 9.89. The molecule has 0 spiro atoms. The highest BCUT2D eigenvalue weighted by Gasteiger charge is 2.29. The van der Waals surface area contributed by atoms with Crippen molar-refractivity contribution in [3.63, 3.8) is 0 Å². The number of rotatable bonds is 16. The minimum absolute atomic E-state index is 0.889. The van der Waals surface area contributed by atoms with Gasteiger partial charge in [0, 0.05) is 56.9 Å². The number of hydrogen-bond acceptors (Lipinski definition) is 16. The van der Waals surface area contributed by atoms with E-state index >= 15 is 0 Å². The van der Waals surface area contributed by atoms with Gasteiger partial charge in [0.25, 0.3) is 0 Å². The minimum atomic E-state index is -3.17. The number of hydrogen-bond donors (Lipinski definition) is 0. The number of likely N-dealkylation sites (tertiary alicyclic amines) is 8. The third-order valence-corrected chi connectivity index (χ3v) is 18.7. The van der Waals surface area contributed by atoms with Gasteiger partial charge in [0.05, 0.1) is 161 Å². The Morgan fingerprint density at radius 3 is 0.302 bits per heavy atom. The average molecular weight is 1400 g/mol. The normalized spacial score (nSPS) is 21.6. The van der Waals surface area contributed by atoms with Gasteiger partial charge >= 0.3 is 0 Å². The Balaban J connectivity index is -0.000000488. The van der Waals surface area contributed by atoms with Crippen molar-refractivity contribution in [2.24, 2.45) is 0 Å². The largest absolute Gasteiger partial charge is 0.867 e. The zero-order valence-corrected chi connectivity index (χ0v) is 63.9. The predicted molar refractivity (Wildman–Crippen MR) is 361 cm³/mol. The first-order valence-corrected chi connectivity index (χ1v) is 35.5. The van der Waals surface area contributed by atoms with Crippen LogP contribution in [0.2, 0.25) is 0 Å². The molecule has 0 N–H and O–H groups in total. The zero-order valence-electron chi connectivity index (χ0n) is 63.9. The van der Waals surface area contributed by atoms with Crippen molar-refractivity contribution in [2.45, 2.75) is 154 Å². The quantitative estimate of drug-likeness (QED) is 0.115. The van der Waals surface area contributed by atoms with Gasteiger partial charge in [-0.05, 0) is 154 Å². The first-order chi connectivity index (χ1) is 45.1. The number of quaternary nitrogens is 8. The van der Waals surface area contributed by atoms with Crippen LogP contribution in [-0.4, -0.2) is 337 Å². The molecule has 0 saturated carbocycles. The molecule has 0 amide bonds. The van der Waals surface area contributed by atoms with Crippen LogP contribution in [-0.2, 0) is 37.9 Å². The first kappa shape index (κ1) is 101. The molecule has 0 aliphatic carbocycles. The molecule has 0 radical (unpaired) electrons. The van der Waals surface area contributed by atoms with E-state index < -0.39 is 29.6 Å². The van der Waals surface area contributed by atoms with Crippen LogP contribution in [0.3, 0.4) is 0 Å².